The third-order valence-corrected chi connectivity index (χ3v) is 2.15. The van der Waals surface area contributed by atoms with Gasteiger partial charge in [-0.25, -0.2) is 4.79 Å². The van der Waals surface area contributed by atoms with Crippen LogP contribution in [0.3, 0.4) is 0 Å². The van der Waals surface area contributed by atoms with Crippen molar-refractivity contribution in [2.45, 2.75) is 38.3 Å². The normalized spacial score (nSPS) is 14.2. The van der Waals surface area contributed by atoms with Crippen LogP contribution in [0.5, 0.6) is 0 Å². The Morgan fingerprint density at radius 2 is 2.12 bits per heavy atom. The Morgan fingerprint density at radius 3 is 2.56 bits per heavy atom. The minimum atomic E-state index is -1.10. The summed E-state index contributed by atoms with van der Waals surface area (Å²) in [5.74, 6) is -1.34. The van der Waals surface area contributed by atoms with Crippen LogP contribution in [0.15, 0.2) is 0 Å². The van der Waals surface area contributed by atoms with Crippen LogP contribution in [0, 0.1) is 0 Å². The third kappa shape index (κ3) is 6.36. The molecule has 2 atom stereocenters. The lowest BCUT2D eigenvalue weighted by atomic mass is 10.1. The van der Waals surface area contributed by atoms with Gasteiger partial charge in [0.1, 0.15) is 0 Å². The third-order valence-electron chi connectivity index (χ3n) is 2.15. The van der Waals surface area contributed by atoms with E-state index in [1.54, 1.807) is 0 Å². The molecule has 0 saturated carbocycles. The van der Waals surface area contributed by atoms with Crippen LogP contribution < -0.4 is 11.1 Å². The van der Waals surface area contributed by atoms with Gasteiger partial charge in [0, 0.05) is 19.6 Å². The molecule has 0 saturated heterocycles. The summed E-state index contributed by atoms with van der Waals surface area (Å²) in [6.45, 7) is 1.95. The van der Waals surface area contributed by atoms with Crippen molar-refractivity contribution >= 4 is 11.9 Å². The predicted molar refractivity (Wildman–Crippen MR) is 58.9 cm³/mol. The molecule has 2 unspecified atom stereocenters. The summed E-state index contributed by atoms with van der Waals surface area (Å²) < 4.78 is 4.67. The highest BCUT2D eigenvalue weighted by Gasteiger charge is 2.17. The van der Waals surface area contributed by atoms with Crippen molar-refractivity contribution < 1.29 is 19.4 Å². The molecule has 16 heavy (non-hydrogen) atoms. The fraction of sp³-hybridized carbons (Fsp3) is 0.800. The second-order valence-corrected chi connectivity index (χ2v) is 3.62. The first-order chi connectivity index (χ1) is 7.51. The van der Waals surface area contributed by atoms with Crippen LogP contribution in [0.25, 0.3) is 0 Å². The van der Waals surface area contributed by atoms with E-state index in [4.69, 9.17) is 10.8 Å². The first-order valence-electron chi connectivity index (χ1n) is 5.29. The molecule has 0 aliphatic carbocycles. The van der Waals surface area contributed by atoms with Crippen molar-refractivity contribution in [2.24, 2.45) is 5.73 Å². The Kier molecular flexibility index (Phi) is 7.49. The molecule has 0 aromatic rings. The molecule has 6 nitrogen and oxygen atoms in total. The summed E-state index contributed by atoms with van der Waals surface area (Å²) in [4.78, 5) is 21.9. The van der Waals surface area contributed by atoms with E-state index in [-0.39, 0.29) is 24.9 Å². The molecule has 0 aromatic carbocycles. The number of carboxylic acids is 1. The van der Waals surface area contributed by atoms with Crippen molar-refractivity contribution in [3.8, 4) is 0 Å². The number of methoxy groups -OCH3 is 1. The zero-order valence-electron chi connectivity index (χ0n) is 9.73. The highest BCUT2D eigenvalue weighted by molar-refractivity contribution is 5.78. The van der Waals surface area contributed by atoms with Gasteiger partial charge in [0.2, 0.25) is 5.91 Å². The number of carbonyl (C=O) groups excluding carboxylic acids is 1. The smallest absolute Gasteiger partial charge is 0.334 e. The molecule has 0 spiro atoms. The summed E-state index contributed by atoms with van der Waals surface area (Å²) in [5.41, 5.74) is 5.68. The largest absolute Gasteiger partial charge is 0.479 e. The highest BCUT2D eigenvalue weighted by Crippen LogP contribution is 1.98. The van der Waals surface area contributed by atoms with Crippen molar-refractivity contribution in [2.75, 3.05) is 13.7 Å². The van der Waals surface area contributed by atoms with Crippen LogP contribution >= 0.6 is 0 Å². The maximum Gasteiger partial charge on any atom is 0.334 e. The van der Waals surface area contributed by atoms with Gasteiger partial charge in [-0.15, -0.1) is 0 Å². The zero-order valence-corrected chi connectivity index (χ0v) is 9.73. The average Bonchev–Trinajstić information content (AvgIpc) is 2.18. The predicted octanol–water partition coefficient (Wildman–Crippen LogP) is -0.280. The van der Waals surface area contributed by atoms with E-state index in [1.807, 2.05) is 6.92 Å². The maximum atomic E-state index is 11.3. The second-order valence-electron chi connectivity index (χ2n) is 3.62. The number of hydrogen-bond acceptors (Lipinski definition) is 4. The summed E-state index contributed by atoms with van der Waals surface area (Å²) in [6, 6.07) is -0.171. The number of nitrogens with one attached hydrogen (secondary N) is 1. The molecule has 0 bridgehead atoms. The van der Waals surface area contributed by atoms with Gasteiger partial charge in [-0.2, -0.15) is 0 Å². The molecular formula is C10H20N2O4. The standard InChI is InChI=1S/C10H20N2O4/c1-3-4-7(11)5-9(13)12-6-8(16-2)10(14)15/h7-8H,3-6,11H2,1-2H3,(H,12,13)(H,14,15). The Labute approximate surface area is 95.1 Å². The Bertz CT molecular complexity index is 233. The minimum absolute atomic E-state index is 0.0382. The second kappa shape index (κ2) is 8.06. The topological polar surface area (TPSA) is 102 Å². The van der Waals surface area contributed by atoms with Gasteiger partial charge in [-0.05, 0) is 6.42 Å². The number of aliphatic carboxylic acids is 1. The van der Waals surface area contributed by atoms with Crippen LogP contribution in [0.1, 0.15) is 26.2 Å². The fourth-order valence-corrected chi connectivity index (χ4v) is 1.26. The number of carboxylic acid groups (broad SMARTS) is 1. The zero-order chi connectivity index (χ0) is 12.6. The number of carbonyl (C=O) groups is 2. The lowest BCUT2D eigenvalue weighted by Crippen LogP contribution is -2.39. The number of ether oxygens (including phenoxy) is 1. The Morgan fingerprint density at radius 1 is 1.50 bits per heavy atom. The Hall–Kier alpha value is -1.14. The molecule has 0 radical (unpaired) electrons. The molecule has 0 rings (SSSR count). The number of rotatable bonds is 8. The van der Waals surface area contributed by atoms with Crippen LogP contribution in [0.2, 0.25) is 0 Å². The van der Waals surface area contributed by atoms with E-state index in [0.717, 1.165) is 12.8 Å². The number of hydrogen-bond donors (Lipinski definition) is 3. The van der Waals surface area contributed by atoms with E-state index in [9.17, 15) is 9.59 Å². The highest BCUT2D eigenvalue weighted by atomic mass is 16.5. The number of amides is 1. The van der Waals surface area contributed by atoms with E-state index < -0.39 is 12.1 Å². The van der Waals surface area contributed by atoms with Crippen LogP contribution in [0.4, 0.5) is 0 Å². The molecule has 1 amide bonds. The SMILES string of the molecule is CCCC(N)CC(=O)NCC(OC)C(=O)O. The lowest BCUT2D eigenvalue weighted by molar-refractivity contribution is -0.148. The van der Waals surface area contributed by atoms with Gasteiger partial charge < -0.3 is 20.9 Å². The van der Waals surface area contributed by atoms with Crippen molar-refractivity contribution in [3.63, 3.8) is 0 Å². The molecule has 0 aliphatic rings. The van der Waals surface area contributed by atoms with E-state index in [2.05, 4.69) is 10.1 Å². The van der Waals surface area contributed by atoms with Gasteiger partial charge in [0.15, 0.2) is 6.10 Å². The van der Waals surface area contributed by atoms with E-state index in [1.165, 1.54) is 7.11 Å². The quantitative estimate of drug-likeness (QED) is 0.534. The van der Waals surface area contributed by atoms with E-state index >= 15 is 0 Å². The lowest BCUT2D eigenvalue weighted by Gasteiger charge is -2.13. The molecule has 0 aliphatic heterocycles. The number of nitrogens with two attached hydrogens (primary N) is 1. The summed E-state index contributed by atoms with van der Waals surface area (Å²) in [6.07, 6.45) is 0.903. The van der Waals surface area contributed by atoms with Crippen molar-refractivity contribution in [1.82, 2.24) is 5.32 Å². The van der Waals surface area contributed by atoms with Gasteiger partial charge >= 0.3 is 5.97 Å². The monoisotopic (exact) mass is 232 g/mol. The molecule has 0 aromatic heterocycles. The molecule has 0 fully saturated rings. The molecular weight excluding hydrogens is 212 g/mol. The maximum absolute atomic E-state index is 11.3. The fourth-order valence-electron chi connectivity index (χ4n) is 1.26. The molecule has 94 valence electrons. The van der Waals surface area contributed by atoms with Gasteiger partial charge in [-0.1, -0.05) is 13.3 Å². The van der Waals surface area contributed by atoms with Crippen LogP contribution in [-0.4, -0.2) is 42.8 Å². The minimum Gasteiger partial charge on any atom is -0.479 e. The first-order valence-corrected chi connectivity index (χ1v) is 5.29. The molecule has 4 N–H and O–H groups in total. The summed E-state index contributed by atoms with van der Waals surface area (Å²) >= 11 is 0. The van der Waals surface area contributed by atoms with E-state index in [0.29, 0.717) is 0 Å². The first kappa shape index (κ1) is 14.9. The van der Waals surface area contributed by atoms with Gasteiger partial charge in [0.05, 0.1) is 6.54 Å². The van der Waals surface area contributed by atoms with Crippen LogP contribution in [-0.2, 0) is 14.3 Å². The van der Waals surface area contributed by atoms with Gasteiger partial charge in [0.25, 0.3) is 0 Å². The van der Waals surface area contributed by atoms with Crippen molar-refractivity contribution in [3.05, 3.63) is 0 Å². The van der Waals surface area contributed by atoms with Crippen molar-refractivity contribution in [1.29, 1.82) is 0 Å². The average molecular weight is 232 g/mol. The molecule has 0 heterocycles. The summed E-state index contributed by atoms with van der Waals surface area (Å²) in [7, 11) is 1.29. The summed E-state index contributed by atoms with van der Waals surface area (Å²) in [5, 5.41) is 11.1. The van der Waals surface area contributed by atoms with Gasteiger partial charge in [-0.3, -0.25) is 4.79 Å². The Balaban J connectivity index is 3.83. The molecule has 6 heteroatoms.